The quantitative estimate of drug-likeness (QED) is 0.434. The molecule has 0 radical (unpaired) electrons. The number of H-pyrrole nitrogens is 1. The highest BCUT2D eigenvalue weighted by Gasteiger charge is 2.42. The highest BCUT2D eigenvalue weighted by atomic mass is 19.4. The highest BCUT2D eigenvalue weighted by Crippen LogP contribution is 2.32. The summed E-state index contributed by atoms with van der Waals surface area (Å²) in [5.74, 6) is -1.92. The lowest BCUT2D eigenvalue weighted by atomic mass is 10.0. The fraction of sp³-hybridized carbons (Fsp3) is 0.227. The van der Waals surface area contributed by atoms with Crippen LogP contribution in [0.4, 0.5) is 32.4 Å². The minimum Gasteiger partial charge on any atom is -0.268 e. The smallest absolute Gasteiger partial charge is 0.268 e. The molecule has 0 fully saturated rings. The van der Waals surface area contributed by atoms with Crippen LogP contribution in [0, 0.1) is 11.6 Å². The first-order valence-electron chi connectivity index (χ1n) is 10.2. The van der Waals surface area contributed by atoms with Crippen LogP contribution in [0.3, 0.4) is 0 Å². The number of nitrogens with zero attached hydrogens (tertiary/aromatic N) is 3. The van der Waals surface area contributed by atoms with Crippen molar-refractivity contribution in [1.82, 2.24) is 15.2 Å². The van der Waals surface area contributed by atoms with Crippen LogP contribution in [0.1, 0.15) is 29.8 Å². The normalized spacial score (nSPS) is 17.0. The Bertz CT molecular complexity index is 1410. The van der Waals surface area contributed by atoms with Crippen LogP contribution in [0.25, 0.3) is 11.1 Å². The fourth-order valence-corrected chi connectivity index (χ4v) is 4.35. The van der Waals surface area contributed by atoms with E-state index < -0.39 is 35.2 Å². The van der Waals surface area contributed by atoms with E-state index in [-0.39, 0.29) is 22.7 Å². The van der Waals surface area contributed by atoms with E-state index in [1.165, 1.54) is 10.6 Å². The maximum atomic E-state index is 14.7. The number of amides is 2. The Morgan fingerprint density at radius 2 is 1.94 bits per heavy atom. The van der Waals surface area contributed by atoms with Crippen molar-refractivity contribution in [3.8, 4) is 11.1 Å². The molecule has 0 spiro atoms. The highest BCUT2D eigenvalue weighted by molar-refractivity contribution is 6.02. The fourth-order valence-electron chi connectivity index (χ4n) is 4.35. The lowest BCUT2D eigenvalue weighted by molar-refractivity contribution is -0.460. The van der Waals surface area contributed by atoms with Crippen LogP contribution in [0.5, 0.6) is 0 Å². The van der Waals surface area contributed by atoms with Crippen LogP contribution in [-0.4, -0.2) is 37.5 Å². The molecular weight excluding hydrogens is 461 g/mol. The van der Waals surface area contributed by atoms with Crippen molar-refractivity contribution in [3.05, 3.63) is 75.5 Å². The van der Waals surface area contributed by atoms with Gasteiger partial charge in [-0.2, -0.15) is 27.6 Å². The number of carbonyl (C=O) groups is 1. The zero-order valence-corrected chi connectivity index (χ0v) is 17.2. The predicted molar refractivity (Wildman–Crippen MR) is 110 cm³/mol. The summed E-state index contributed by atoms with van der Waals surface area (Å²) in [6.45, 7) is 0. The van der Waals surface area contributed by atoms with Crippen molar-refractivity contribution >= 4 is 17.4 Å². The predicted octanol–water partition coefficient (Wildman–Crippen LogP) is 3.88. The standard InChI is InChI=1S/C22H14F5N5O2/c23-14-8-16(15(24)7-13(14)10-1-4-18(28-9-10)22(25,26)27)29-21(34)32-12-2-3-17(32)20-11(5-12)6-19(33)30-31-20/h1,4,6-9,12H,2-3,5H2,(H,29,34)/p+1/t12-/m0/s1. The number of halogens is 5. The van der Waals surface area contributed by atoms with Crippen molar-refractivity contribution in [2.45, 2.75) is 31.5 Å². The zero-order valence-electron chi connectivity index (χ0n) is 17.2. The Kier molecular flexibility index (Phi) is 5.03. The van der Waals surface area contributed by atoms with E-state index in [0.717, 1.165) is 30.0 Å². The molecule has 5 rings (SSSR count). The number of nitrogens with one attached hydrogen (secondary N) is 2. The molecule has 1 aromatic carbocycles. The lowest BCUT2D eigenvalue weighted by Gasteiger charge is -2.18. The van der Waals surface area contributed by atoms with Crippen molar-refractivity contribution in [2.24, 2.45) is 0 Å². The second-order valence-electron chi connectivity index (χ2n) is 7.99. The SMILES string of the molecule is O=C(Nc1cc(F)c(-c2ccc(C(F)(F)F)nc2)cc1F)[N+]1=C2CC[C@H]1Cc1cc(=O)[nH]nc12. The Labute approximate surface area is 188 Å². The minimum atomic E-state index is -4.66. The summed E-state index contributed by atoms with van der Waals surface area (Å²) in [5.41, 5.74) is -0.501. The number of benzene rings is 1. The van der Waals surface area contributed by atoms with Gasteiger partial charge in [0.2, 0.25) is 0 Å². The van der Waals surface area contributed by atoms with Gasteiger partial charge in [-0.3, -0.25) is 9.78 Å². The van der Waals surface area contributed by atoms with Crippen molar-refractivity contribution in [2.75, 3.05) is 5.32 Å². The van der Waals surface area contributed by atoms with Gasteiger partial charge in [0.05, 0.1) is 0 Å². The van der Waals surface area contributed by atoms with Crippen LogP contribution in [0.15, 0.2) is 41.3 Å². The molecule has 2 bridgehead atoms. The third kappa shape index (κ3) is 3.74. The maximum absolute atomic E-state index is 14.7. The van der Waals surface area contributed by atoms with E-state index in [2.05, 4.69) is 20.5 Å². The first kappa shape index (κ1) is 21.9. The number of aromatic amines is 1. The molecule has 2 aromatic heterocycles. The molecular formula is C22H15F5N5O2+. The van der Waals surface area contributed by atoms with Crippen molar-refractivity contribution in [1.29, 1.82) is 0 Å². The molecule has 0 aliphatic carbocycles. The molecule has 2 amide bonds. The number of rotatable bonds is 2. The van der Waals surface area contributed by atoms with Gasteiger partial charge in [-0.05, 0) is 24.1 Å². The second kappa shape index (κ2) is 7.82. The number of pyridine rings is 1. The van der Waals surface area contributed by atoms with E-state index >= 15 is 0 Å². The van der Waals surface area contributed by atoms with Gasteiger partial charge >= 0.3 is 12.2 Å². The van der Waals surface area contributed by atoms with Crippen LogP contribution >= 0.6 is 0 Å². The molecule has 3 aromatic rings. The molecule has 1 atom stereocenters. The monoisotopic (exact) mass is 476 g/mol. The number of aromatic nitrogens is 3. The Balaban J connectivity index is 1.43. The molecule has 12 heteroatoms. The molecule has 4 heterocycles. The van der Waals surface area contributed by atoms with E-state index in [1.807, 2.05) is 0 Å². The summed E-state index contributed by atoms with van der Waals surface area (Å²) in [6.07, 6.45) is -2.30. The first-order chi connectivity index (χ1) is 16.1. The maximum Gasteiger partial charge on any atom is 0.496 e. The number of fused-ring (bicyclic) bond motifs is 3. The molecule has 0 saturated heterocycles. The molecule has 0 saturated carbocycles. The van der Waals surface area contributed by atoms with Gasteiger partial charge in [-0.25, -0.2) is 19.2 Å². The summed E-state index contributed by atoms with van der Waals surface area (Å²) >= 11 is 0. The van der Waals surface area contributed by atoms with Gasteiger partial charge in [0, 0.05) is 42.3 Å². The van der Waals surface area contributed by atoms with E-state index in [0.29, 0.717) is 36.7 Å². The van der Waals surface area contributed by atoms with Gasteiger partial charge in [-0.15, -0.1) is 0 Å². The number of hydrogen-bond donors (Lipinski definition) is 2. The van der Waals surface area contributed by atoms with Gasteiger partial charge in [0.25, 0.3) is 5.56 Å². The van der Waals surface area contributed by atoms with E-state index in [9.17, 15) is 31.5 Å². The van der Waals surface area contributed by atoms with Gasteiger partial charge < -0.3 is 0 Å². The average molecular weight is 476 g/mol. The third-order valence-corrected chi connectivity index (χ3v) is 5.87. The van der Waals surface area contributed by atoms with Crippen LogP contribution in [-0.2, 0) is 12.6 Å². The van der Waals surface area contributed by atoms with Crippen molar-refractivity contribution in [3.63, 3.8) is 0 Å². The van der Waals surface area contributed by atoms with Crippen molar-refractivity contribution < 1.29 is 31.3 Å². The van der Waals surface area contributed by atoms with E-state index in [4.69, 9.17) is 0 Å². The van der Waals surface area contributed by atoms with Crippen LogP contribution < -0.4 is 10.9 Å². The Hall–Kier alpha value is -3.96. The van der Waals surface area contributed by atoms with Gasteiger partial charge in [0.1, 0.15) is 29.0 Å². The third-order valence-electron chi connectivity index (χ3n) is 5.87. The molecule has 7 nitrogen and oxygen atoms in total. The molecule has 2 aliphatic heterocycles. The second-order valence-corrected chi connectivity index (χ2v) is 7.99. The molecule has 0 unspecified atom stereocenters. The summed E-state index contributed by atoms with van der Waals surface area (Å²) in [7, 11) is 0. The molecule has 34 heavy (non-hydrogen) atoms. The molecule has 174 valence electrons. The number of hydrogen-bond acceptors (Lipinski definition) is 4. The summed E-state index contributed by atoms with van der Waals surface area (Å²) in [4.78, 5) is 27.7. The van der Waals surface area contributed by atoms with Gasteiger partial charge in [0.15, 0.2) is 11.5 Å². The van der Waals surface area contributed by atoms with Gasteiger partial charge in [-0.1, -0.05) is 6.07 Å². The summed E-state index contributed by atoms with van der Waals surface area (Å²) in [6, 6.07) is 3.71. The van der Waals surface area contributed by atoms with Crippen LogP contribution in [0.2, 0.25) is 0 Å². The first-order valence-corrected chi connectivity index (χ1v) is 10.2. The number of carbonyl (C=O) groups excluding carboxylic acids is 1. The minimum absolute atomic E-state index is 0.0522. The largest absolute Gasteiger partial charge is 0.496 e. The topological polar surface area (TPSA) is 90.8 Å². The lowest BCUT2D eigenvalue weighted by Crippen LogP contribution is -2.40. The summed E-state index contributed by atoms with van der Waals surface area (Å²) < 4.78 is 69.0. The zero-order chi connectivity index (χ0) is 24.2. The Morgan fingerprint density at radius 1 is 1.15 bits per heavy atom. The summed E-state index contributed by atoms with van der Waals surface area (Å²) in [5, 5.41) is 8.73. The Morgan fingerprint density at radius 3 is 2.65 bits per heavy atom. The number of alkyl halides is 3. The number of anilines is 1. The number of urea groups is 1. The molecule has 2 N–H and O–H groups in total. The average Bonchev–Trinajstić information content (AvgIpc) is 3.10. The van der Waals surface area contributed by atoms with E-state index in [1.54, 1.807) is 0 Å². The molecule has 2 aliphatic rings.